The summed E-state index contributed by atoms with van der Waals surface area (Å²) in [6, 6.07) is 6.46. The van der Waals surface area contributed by atoms with Crippen molar-refractivity contribution >= 4 is 17.4 Å². The van der Waals surface area contributed by atoms with Gasteiger partial charge in [-0.25, -0.2) is 13.2 Å². The van der Waals surface area contributed by atoms with Crippen molar-refractivity contribution in [3.8, 4) is 0 Å². The van der Waals surface area contributed by atoms with Gasteiger partial charge in [0, 0.05) is 5.02 Å². The maximum absolute atomic E-state index is 13.4. The molecule has 0 unspecified atom stereocenters. The maximum Gasteiger partial charge on any atom is 0.199 e. The van der Waals surface area contributed by atoms with Gasteiger partial charge >= 0.3 is 0 Å². The second-order valence-electron chi connectivity index (χ2n) is 3.55. The molecule has 18 heavy (non-hydrogen) atoms. The predicted molar refractivity (Wildman–Crippen MR) is 61.2 cm³/mol. The largest absolute Gasteiger partial charge is 0.288 e. The third kappa shape index (κ3) is 2.24. The molecule has 0 aliphatic heterocycles. The van der Waals surface area contributed by atoms with Gasteiger partial charge in [0.25, 0.3) is 0 Å². The highest BCUT2D eigenvalue weighted by atomic mass is 35.5. The van der Waals surface area contributed by atoms with Crippen LogP contribution in [0.4, 0.5) is 13.2 Å². The molecule has 0 N–H and O–H groups in total. The van der Waals surface area contributed by atoms with Crippen LogP contribution in [0.2, 0.25) is 5.02 Å². The van der Waals surface area contributed by atoms with Gasteiger partial charge in [0.15, 0.2) is 17.4 Å². The van der Waals surface area contributed by atoms with Crippen LogP contribution in [0.15, 0.2) is 36.4 Å². The molecule has 0 heterocycles. The average Bonchev–Trinajstić information content (AvgIpc) is 2.35. The van der Waals surface area contributed by atoms with E-state index in [0.717, 1.165) is 24.3 Å². The molecule has 0 amide bonds. The van der Waals surface area contributed by atoms with Crippen LogP contribution >= 0.6 is 11.6 Å². The molecule has 0 aliphatic rings. The first kappa shape index (κ1) is 12.6. The van der Waals surface area contributed by atoms with Crippen molar-refractivity contribution in [2.24, 2.45) is 0 Å². The van der Waals surface area contributed by atoms with Crippen molar-refractivity contribution < 1.29 is 18.0 Å². The van der Waals surface area contributed by atoms with Crippen molar-refractivity contribution in [3.63, 3.8) is 0 Å². The molecule has 92 valence electrons. The Balaban J connectivity index is 2.55. The molecular weight excluding hydrogens is 265 g/mol. The lowest BCUT2D eigenvalue weighted by Gasteiger charge is -2.05. The fraction of sp³-hybridized carbons (Fsp3) is 0. The maximum atomic E-state index is 13.4. The molecule has 0 atom stereocenters. The fourth-order valence-corrected chi connectivity index (χ4v) is 1.67. The van der Waals surface area contributed by atoms with Gasteiger partial charge in [-0.15, -0.1) is 0 Å². The minimum Gasteiger partial charge on any atom is -0.288 e. The molecule has 0 saturated carbocycles. The summed E-state index contributed by atoms with van der Waals surface area (Å²) >= 11 is 5.63. The van der Waals surface area contributed by atoms with E-state index in [1.807, 2.05) is 0 Å². The Bertz CT molecular complexity index is 622. The molecule has 0 aliphatic carbocycles. The number of benzene rings is 2. The van der Waals surface area contributed by atoms with Crippen molar-refractivity contribution in [2.45, 2.75) is 0 Å². The molecule has 0 spiro atoms. The summed E-state index contributed by atoms with van der Waals surface area (Å²) in [5.41, 5.74) is -0.928. The molecule has 0 bridgehead atoms. The number of halogens is 4. The molecular formula is C13H6ClF3O. The lowest BCUT2D eigenvalue weighted by atomic mass is 10.0. The zero-order chi connectivity index (χ0) is 13.3. The highest BCUT2D eigenvalue weighted by Gasteiger charge is 2.19. The fourth-order valence-electron chi connectivity index (χ4n) is 1.50. The van der Waals surface area contributed by atoms with E-state index in [2.05, 4.69) is 0 Å². The van der Waals surface area contributed by atoms with Gasteiger partial charge in [-0.05, 0) is 30.3 Å². The minimum absolute atomic E-state index is 0.136. The van der Waals surface area contributed by atoms with Crippen molar-refractivity contribution in [1.82, 2.24) is 0 Å². The molecule has 2 aromatic rings. The van der Waals surface area contributed by atoms with Gasteiger partial charge in [0.1, 0.15) is 5.82 Å². The first-order valence-corrected chi connectivity index (χ1v) is 5.32. The van der Waals surface area contributed by atoms with Crippen LogP contribution in [0.5, 0.6) is 0 Å². The average molecular weight is 271 g/mol. The number of carbonyl (C=O) groups excluding carboxylic acids is 1. The van der Waals surface area contributed by atoms with Gasteiger partial charge < -0.3 is 0 Å². The molecule has 5 heteroatoms. The Labute approximate surface area is 106 Å². The summed E-state index contributed by atoms with van der Waals surface area (Å²) < 4.78 is 39.8. The lowest BCUT2D eigenvalue weighted by Crippen LogP contribution is -2.08. The second-order valence-corrected chi connectivity index (χ2v) is 3.99. The number of ketones is 1. The summed E-state index contributed by atoms with van der Waals surface area (Å²) in [6.45, 7) is 0. The summed E-state index contributed by atoms with van der Waals surface area (Å²) in [5.74, 6) is -4.26. The Morgan fingerprint density at radius 3 is 2.39 bits per heavy atom. The Morgan fingerprint density at radius 2 is 1.67 bits per heavy atom. The van der Waals surface area contributed by atoms with Crippen LogP contribution in [0, 0.1) is 17.5 Å². The molecule has 0 fully saturated rings. The summed E-state index contributed by atoms with van der Waals surface area (Å²) in [5, 5.41) is 0.136. The number of hydrogen-bond donors (Lipinski definition) is 0. The normalized spacial score (nSPS) is 10.4. The zero-order valence-electron chi connectivity index (χ0n) is 8.88. The van der Waals surface area contributed by atoms with Gasteiger partial charge in [-0.3, -0.25) is 4.79 Å². The van der Waals surface area contributed by atoms with Crippen LogP contribution in [0.3, 0.4) is 0 Å². The summed E-state index contributed by atoms with van der Waals surface area (Å²) in [4.78, 5) is 11.9. The molecule has 0 saturated heterocycles. The van der Waals surface area contributed by atoms with Crippen LogP contribution in [-0.4, -0.2) is 5.78 Å². The topological polar surface area (TPSA) is 17.1 Å². The van der Waals surface area contributed by atoms with Crippen LogP contribution in [-0.2, 0) is 0 Å². The summed E-state index contributed by atoms with van der Waals surface area (Å²) in [7, 11) is 0. The molecule has 0 aromatic heterocycles. The van der Waals surface area contributed by atoms with Crippen molar-refractivity contribution in [3.05, 3.63) is 70.0 Å². The SMILES string of the molecule is O=C(c1cc(Cl)ccc1F)c1cccc(F)c1F. The van der Waals surface area contributed by atoms with Gasteiger partial charge in [-0.1, -0.05) is 17.7 Å². The number of hydrogen-bond acceptors (Lipinski definition) is 1. The van der Waals surface area contributed by atoms with E-state index in [1.165, 1.54) is 12.1 Å². The van der Waals surface area contributed by atoms with Crippen LogP contribution in [0.25, 0.3) is 0 Å². The van der Waals surface area contributed by atoms with Gasteiger partial charge in [0.2, 0.25) is 0 Å². The molecule has 1 nitrogen and oxygen atoms in total. The van der Waals surface area contributed by atoms with E-state index in [4.69, 9.17) is 11.6 Å². The Hall–Kier alpha value is -1.81. The van der Waals surface area contributed by atoms with Crippen LogP contribution in [0.1, 0.15) is 15.9 Å². The van der Waals surface area contributed by atoms with E-state index in [0.29, 0.717) is 0 Å². The predicted octanol–water partition coefficient (Wildman–Crippen LogP) is 3.99. The highest BCUT2D eigenvalue weighted by Crippen LogP contribution is 2.21. The van der Waals surface area contributed by atoms with Crippen molar-refractivity contribution in [1.29, 1.82) is 0 Å². The quantitative estimate of drug-likeness (QED) is 0.754. The van der Waals surface area contributed by atoms with Crippen LogP contribution < -0.4 is 0 Å². The molecule has 0 radical (unpaired) electrons. The van der Waals surface area contributed by atoms with Crippen molar-refractivity contribution in [2.75, 3.05) is 0 Å². The first-order chi connectivity index (χ1) is 8.50. The lowest BCUT2D eigenvalue weighted by molar-refractivity contribution is 0.103. The zero-order valence-corrected chi connectivity index (χ0v) is 9.64. The monoisotopic (exact) mass is 270 g/mol. The van der Waals surface area contributed by atoms with E-state index >= 15 is 0 Å². The van der Waals surface area contributed by atoms with Gasteiger partial charge in [-0.2, -0.15) is 0 Å². The second kappa shape index (κ2) is 4.82. The minimum atomic E-state index is -1.30. The number of carbonyl (C=O) groups is 1. The molecule has 2 rings (SSSR count). The smallest absolute Gasteiger partial charge is 0.199 e. The third-order valence-electron chi connectivity index (χ3n) is 2.37. The van der Waals surface area contributed by atoms with E-state index in [9.17, 15) is 18.0 Å². The third-order valence-corrected chi connectivity index (χ3v) is 2.60. The van der Waals surface area contributed by atoms with Gasteiger partial charge in [0.05, 0.1) is 11.1 Å². The summed E-state index contributed by atoms with van der Waals surface area (Å²) in [6.07, 6.45) is 0. The van der Waals surface area contributed by atoms with E-state index < -0.39 is 34.4 Å². The highest BCUT2D eigenvalue weighted by molar-refractivity contribution is 6.31. The standard InChI is InChI=1S/C13H6ClF3O/c14-7-4-5-10(15)9(6-7)13(18)8-2-1-3-11(16)12(8)17/h1-6H. The van der Waals surface area contributed by atoms with E-state index in [-0.39, 0.29) is 5.02 Å². The molecule has 2 aromatic carbocycles. The number of rotatable bonds is 2. The Morgan fingerprint density at radius 1 is 0.944 bits per heavy atom. The van der Waals surface area contributed by atoms with E-state index in [1.54, 1.807) is 0 Å². The Kier molecular flexibility index (Phi) is 3.39. The first-order valence-electron chi connectivity index (χ1n) is 4.94.